The highest BCUT2D eigenvalue weighted by molar-refractivity contribution is 5.00. The quantitative estimate of drug-likeness (QED) is 0.399. The number of hydrogen-bond donors (Lipinski definition) is 5. The topological polar surface area (TPSA) is 138 Å². The molecule has 1 saturated carbocycles. The van der Waals surface area contributed by atoms with Crippen LogP contribution in [0.4, 0.5) is 0 Å². The van der Waals surface area contributed by atoms with Crippen molar-refractivity contribution in [2.45, 2.75) is 81.1 Å². The van der Waals surface area contributed by atoms with Crippen LogP contribution in [0.25, 0.3) is 0 Å². The van der Waals surface area contributed by atoms with E-state index in [9.17, 15) is 5.11 Å². The molecule has 136 valence electrons. The summed E-state index contributed by atoms with van der Waals surface area (Å²) in [5.41, 5.74) is 18.2. The summed E-state index contributed by atoms with van der Waals surface area (Å²) in [5, 5.41) is 13.7. The van der Waals surface area contributed by atoms with E-state index < -0.39 is 18.5 Å². The first kappa shape index (κ1) is 19.0. The largest absolute Gasteiger partial charge is 0.389 e. The predicted octanol–water partition coefficient (Wildman–Crippen LogP) is -1.75. The minimum absolute atomic E-state index is 0.0939. The second-order valence-corrected chi connectivity index (χ2v) is 6.72. The molecule has 0 aromatic carbocycles. The van der Waals surface area contributed by atoms with Gasteiger partial charge in [0.05, 0.1) is 30.4 Å². The highest BCUT2D eigenvalue weighted by Crippen LogP contribution is 2.28. The van der Waals surface area contributed by atoms with E-state index >= 15 is 0 Å². The van der Waals surface area contributed by atoms with Gasteiger partial charge in [-0.2, -0.15) is 0 Å². The second kappa shape index (κ2) is 8.17. The molecule has 0 spiro atoms. The Kier molecular flexibility index (Phi) is 6.76. The van der Waals surface area contributed by atoms with Gasteiger partial charge in [-0.3, -0.25) is 0 Å². The van der Waals surface area contributed by atoms with E-state index in [4.69, 9.17) is 31.4 Å². The number of nitrogens with one attached hydrogen (secondary N) is 1. The third-order valence-corrected chi connectivity index (χ3v) is 4.99. The first-order chi connectivity index (χ1) is 10.9. The number of aliphatic hydroxyl groups is 1. The number of aliphatic hydroxyl groups excluding tert-OH is 1. The summed E-state index contributed by atoms with van der Waals surface area (Å²) in [7, 11) is 3.39. The minimum atomic E-state index is -0.805. The average molecular weight is 332 g/mol. The van der Waals surface area contributed by atoms with Crippen molar-refractivity contribution < 1.29 is 19.3 Å². The van der Waals surface area contributed by atoms with E-state index in [0.717, 1.165) is 12.8 Å². The van der Waals surface area contributed by atoms with Crippen molar-refractivity contribution in [2.24, 2.45) is 17.2 Å². The molecule has 2 fully saturated rings. The van der Waals surface area contributed by atoms with Crippen LogP contribution in [0, 0.1) is 0 Å². The number of hydrogen-bond acceptors (Lipinski definition) is 8. The molecular weight excluding hydrogens is 300 g/mol. The smallest absolute Gasteiger partial charge is 0.173 e. The van der Waals surface area contributed by atoms with E-state index in [0.29, 0.717) is 6.42 Å². The highest BCUT2D eigenvalue weighted by Gasteiger charge is 2.45. The van der Waals surface area contributed by atoms with Gasteiger partial charge < -0.3 is 41.8 Å². The summed E-state index contributed by atoms with van der Waals surface area (Å²) in [6.45, 7) is 1.90. The summed E-state index contributed by atoms with van der Waals surface area (Å²) >= 11 is 0. The number of likely N-dealkylation sites (N-methyl/N-ethyl adjacent to an activating group) is 1. The summed E-state index contributed by atoms with van der Waals surface area (Å²) in [6, 6.07) is -0.959. The van der Waals surface area contributed by atoms with Crippen LogP contribution in [0.15, 0.2) is 0 Å². The third kappa shape index (κ3) is 4.21. The van der Waals surface area contributed by atoms with Gasteiger partial charge in [-0.05, 0) is 33.2 Å². The van der Waals surface area contributed by atoms with Gasteiger partial charge in [0.2, 0.25) is 0 Å². The zero-order valence-corrected chi connectivity index (χ0v) is 14.2. The van der Waals surface area contributed by atoms with Gasteiger partial charge in [-0.25, -0.2) is 0 Å². The lowest BCUT2D eigenvalue weighted by Gasteiger charge is -2.45. The van der Waals surface area contributed by atoms with Crippen LogP contribution < -0.4 is 22.5 Å². The Morgan fingerprint density at radius 1 is 1.26 bits per heavy atom. The van der Waals surface area contributed by atoms with Crippen LogP contribution in [0.2, 0.25) is 0 Å². The number of ether oxygens (including phenoxy) is 3. The maximum absolute atomic E-state index is 10.6. The van der Waals surface area contributed by atoms with Gasteiger partial charge in [0.1, 0.15) is 6.10 Å². The van der Waals surface area contributed by atoms with Crippen molar-refractivity contribution in [1.29, 1.82) is 0 Å². The van der Waals surface area contributed by atoms with Gasteiger partial charge in [0.15, 0.2) is 6.29 Å². The molecule has 0 amide bonds. The third-order valence-electron chi connectivity index (χ3n) is 4.99. The Morgan fingerprint density at radius 2 is 1.96 bits per heavy atom. The zero-order chi connectivity index (χ0) is 17.1. The van der Waals surface area contributed by atoms with Gasteiger partial charge in [0.25, 0.3) is 0 Å². The molecule has 8 nitrogen and oxygen atoms in total. The molecule has 2 aliphatic rings. The number of methoxy groups -OCH3 is 1. The second-order valence-electron chi connectivity index (χ2n) is 6.72. The minimum Gasteiger partial charge on any atom is -0.389 e. The van der Waals surface area contributed by atoms with Crippen LogP contribution in [0.3, 0.4) is 0 Å². The lowest BCUT2D eigenvalue weighted by atomic mass is 9.84. The molecule has 0 bridgehead atoms. The van der Waals surface area contributed by atoms with Crippen molar-refractivity contribution in [3.8, 4) is 0 Å². The van der Waals surface area contributed by atoms with Crippen LogP contribution in [-0.2, 0) is 14.2 Å². The van der Waals surface area contributed by atoms with E-state index in [1.807, 2.05) is 6.92 Å². The predicted molar refractivity (Wildman–Crippen MR) is 86.6 cm³/mol. The summed E-state index contributed by atoms with van der Waals surface area (Å²) in [5.74, 6) is 0. The fourth-order valence-electron chi connectivity index (χ4n) is 3.52. The molecule has 0 radical (unpaired) electrons. The maximum Gasteiger partial charge on any atom is 0.173 e. The number of nitrogens with two attached hydrogens (primary N) is 3. The lowest BCUT2D eigenvalue weighted by molar-refractivity contribution is -0.253. The van der Waals surface area contributed by atoms with E-state index in [1.165, 1.54) is 0 Å². The Hall–Kier alpha value is -0.320. The Morgan fingerprint density at radius 3 is 2.52 bits per heavy atom. The molecule has 1 aliphatic heterocycles. The molecule has 1 heterocycles. The molecule has 2 rings (SSSR count). The SMILES string of the molecule is CN[C@H]1[C@H](O)[C@@H](O[C@@H]2O[C@H]([C@H](C)N)CC[C@H]2N)[C@H](N)C[C@@H]1OC. The van der Waals surface area contributed by atoms with E-state index in [2.05, 4.69) is 5.32 Å². The van der Waals surface area contributed by atoms with Crippen molar-refractivity contribution in [3.05, 3.63) is 0 Å². The zero-order valence-electron chi connectivity index (χ0n) is 14.2. The standard InChI is InChI=1S/C15H32N4O4/c1-7(16)10-5-4-8(17)15(22-10)23-14-9(18)6-11(21-3)12(19-2)13(14)20/h7-15,19-20H,4-6,16-18H2,1-3H3/t7-,8+,9+,10-,11-,12+,13-,14-,15-/m0/s1. The Balaban J connectivity index is 2.05. The fraction of sp³-hybridized carbons (Fsp3) is 1.00. The van der Waals surface area contributed by atoms with Crippen LogP contribution in [0.1, 0.15) is 26.2 Å². The molecule has 1 aliphatic carbocycles. The molecule has 1 saturated heterocycles. The average Bonchev–Trinajstić information content (AvgIpc) is 2.52. The summed E-state index contributed by atoms with van der Waals surface area (Å²) in [6.07, 6.45) is -0.0776. The van der Waals surface area contributed by atoms with Crippen LogP contribution >= 0.6 is 0 Å². The van der Waals surface area contributed by atoms with Crippen LogP contribution in [-0.4, -0.2) is 74.1 Å². The fourth-order valence-corrected chi connectivity index (χ4v) is 3.52. The van der Waals surface area contributed by atoms with E-state index in [-0.39, 0.29) is 36.4 Å². The van der Waals surface area contributed by atoms with Gasteiger partial charge in [-0.1, -0.05) is 0 Å². The Labute approximate surface area is 138 Å². The number of rotatable bonds is 5. The van der Waals surface area contributed by atoms with Gasteiger partial charge in [-0.15, -0.1) is 0 Å². The molecule has 9 atom stereocenters. The summed E-state index contributed by atoms with van der Waals surface area (Å²) < 4.78 is 17.3. The normalized spacial score (nSPS) is 46.6. The molecule has 23 heavy (non-hydrogen) atoms. The van der Waals surface area contributed by atoms with Crippen molar-refractivity contribution in [1.82, 2.24) is 5.32 Å². The maximum atomic E-state index is 10.6. The molecule has 0 aromatic heterocycles. The molecular formula is C15H32N4O4. The van der Waals surface area contributed by atoms with Gasteiger partial charge in [0, 0.05) is 19.2 Å². The molecule has 0 aromatic rings. The molecule has 0 unspecified atom stereocenters. The lowest BCUT2D eigenvalue weighted by Crippen LogP contribution is -2.65. The molecule has 8 N–H and O–H groups in total. The highest BCUT2D eigenvalue weighted by atomic mass is 16.7. The monoisotopic (exact) mass is 332 g/mol. The Bertz CT molecular complexity index is 373. The van der Waals surface area contributed by atoms with Crippen molar-refractivity contribution in [3.63, 3.8) is 0 Å². The van der Waals surface area contributed by atoms with Crippen molar-refractivity contribution in [2.75, 3.05) is 14.2 Å². The summed E-state index contributed by atoms with van der Waals surface area (Å²) in [4.78, 5) is 0. The van der Waals surface area contributed by atoms with Crippen molar-refractivity contribution >= 4 is 0 Å². The van der Waals surface area contributed by atoms with E-state index in [1.54, 1.807) is 14.2 Å². The van der Waals surface area contributed by atoms with Crippen LogP contribution in [0.5, 0.6) is 0 Å². The first-order valence-corrected chi connectivity index (χ1v) is 8.34. The van der Waals surface area contributed by atoms with Gasteiger partial charge >= 0.3 is 0 Å². The first-order valence-electron chi connectivity index (χ1n) is 8.34. The molecule has 8 heteroatoms.